The Balaban J connectivity index is 1.95. The minimum atomic E-state index is -0.350. The maximum atomic E-state index is 12.7. The number of methoxy groups -OCH3 is 1. The van der Waals surface area contributed by atoms with Crippen molar-refractivity contribution in [2.45, 2.75) is 16.9 Å². The lowest BCUT2D eigenvalue weighted by atomic mass is 9.91. The summed E-state index contributed by atoms with van der Waals surface area (Å²) in [6, 6.07) is 30.4. The first kappa shape index (κ1) is 18.3. The van der Waals surface area contributed by atoms with Crippen LogP contribution < -0.4 is 0 Å². The predicted molar refractivity (Wildman–Crippen MR) is 108 cm³/mol. The third-order valence-electron chi connectivity index (χ3n) is 4.32. The van der Waals surface area contributed by atoms with E-state index in [2.05, 4.69) is 24.3 Å². The highest BCUT2D eigenvalue weighted by atomic mass is 32.2. The van der Waals surface area contributed by atoms with Crippen LogP contribution in [0.2, 0.25) is 0 Å². The average Bonchev–Trinajstić information content (AvgIpc) is 2.72. The highest BCUT2D eigenvalue weighted by Gasteiger charge is 2.32. The van der Waals surface area contributed by atoms with Crippen LogP contribution in [0, 0.1) is 0 Å². The van der Waals surface area contributed by atoms with Crippen LogP contribution >= 0.6 is 11.8 Å². The molecule has 3 aromatic rings. The van der Waals surface area contributed by atoms with Crippen LogP contribution in [0.1, 0.15) is 27.9 Å². The molecule has 0 fully saturated rings. The van der Waals surface area contributed by atoms with Crippen molar-refractivity contribution in [3.63, 3.8) is 0 Å². The molecule has 132 valence electrons. The Bertz CT molecular complexity index is 803. The summed E-state index contributed by atoms with van der Waals surface area (Å²) in [5, 5.41) is -0.0220. The van der Waals surface area contributed by atoms with Crippen molar-refractivity contribution in [1.82, 2.24) is 0 Å². The molecule has 0 aliphatic heterocycles. The fraction of sp³-hybridized carbons (Fsp3) is 0.174. The zero-order valence-corrected chi connectivity index (χ0v) is 15.6. The normalized spacial score (nSPS) is 13.0. The van der Waals surface area contributed by atoms with Crippen molar-refractivity contribution in [1.29, 1.82) is 0 Å². The first-order chi connectivity index (χ1) is 12.8. The SMILES string of the molecule is COC(=O)[C@@H](c1ccccc1)[C@@H](SCc1ccccc1)c1ccccc1. The summed E-state index contributed by atoms with van der Waals surface area (Å²) in [7, 11) is 1.46. The van der Waals surface area contributed by atoms with Crippen molar-refractivity contribution < 1.29 is 9.53 Å². The minimum absolute atomic E-state index is 0.0220. The lowest BCUT2D eigenvalue weighted by Crippen LogP contribution is -2.20. The molecule has 2 nitrogen and oxygen atoms in total. The monoisotopic (exact) mass is 362 g/mol. The summed E-state index contributed by atoms with van der Waals surface area (Å²) in [6.07, 6.45) is 0. The van der Waals surface area contributed by atoms with Gasteiger partial charge in [-0.2, -0.15) is 0 Å². The van der Waals surface area contributed by atoms with Crippen molar-refractivity contribution in [3.8, 4) is 0 Å². The average molecular weight is 362 g/mol. The van der Waals surface area contributed by atoms with Gasteiger partial charge in [-0.05, 0) is 16.7 Å². The number of hydrogen-bond acceptors (Lipinski definition) is 3. The second kappa shape index (κ2) is 9.25. The second-order valence-corrected chi connectivity index (χ2v) is 7.17. The number of ether oxygens (including phenoxy) is 1. The van der Waals surface area contributed by atoms with Gasteiger partial charge in [0.05, 0.1) is 13.0 Å². The Labute approximate surface area is 159 Å². The third-order valence-corrected chi connectivity index (χ3v) is 5.72. The highest BCUT2D eigenvalue weighted by molar-refractivity contribution is 7.98. The number of carbonyl (C=O) groups excluding carboxylic acids is 1. The molecule has 0 radical (unpaired) electrons. The summed E-state index contributed by atoms with van der Waals surface area (Å²) in [5.41, 5.74) is 3.36. The predicted octanol–water partition coefficient (Wildman–Crippen LogP) is 5.62. The zero-order valence-electron chi connectivity index (χ0n) is 14.7. The number of benzene rings is 3. The lowest BCUT2D eigenvalue weighted by molar-refractivity contribution is -0.142. The van der Waals surface area contributed by atoms with Crippen molar-refractivity contribution in [2.24, 2.45) is 0 Å². The van der Waals surface area contributed by atoms with E-state index >= 15 is 0 Å². The van der Waals surface area contributed by atoms with E-state index in [4.69, 9.17) is 4.74 Å². The van der Waals surface area contributed by atoms with Crippen LogP contribution in [0.3, 0.4) is 0 Å². The van der Waals surface area contributed by atoms with Crippen molar-refractivity contribution in [3.05, 3.63) is 108 Å². The fourth-order valence-corrected chi connectivity index (χ4v) is 4.38. The number of carbonyl (C=O) groups is 1. The quantitative estimate of drug-likeness (QED) is 0.510. The molecule has 0 spiro atoms. The highest BCUT2D eigenvalue weighted by Crippen LogP contribution is 2.43. The van der Waals surface area contributed by atoms with Crippen LogP contribution in [0.15, 0.2) is 91.0 Å². The molecule has 3 rings (SSSR count). The molecule has 0 aliphatic rings. The summed E-state index contributed by atoms with van der Waals surface area (Å²) >= 11 is 1.77. The standard InChI is InChI=1S/C23H22O2S/c1-25-23(24)21(19-13-7-3-8-14-19)22(20-15-9-4-10-16-20)26-17-18-11-5-2-6-12-18/h2-16,21-22H,17H2,1H3/t21-,22-/m0/s1. The lowest BCUT2D eigenvalue weighted by Gasteiger charge is -2.26. The van der Waals surface area contributed by atoms with Gasteiger partial charge in [0.15, 0.2) is 0 Å². The first-order valence-electron chi connectivity index (χ1n) is 8.63. The Hall–Kier alpha value is -2.52. The van der Waals surface area contributed by atoms with Gasteiger partial charge in [-0.25, -0.2) is 0 Å². The maximum Gasteiger partial charge on any atom is 0.314 e. The molecular weight excluding hydrogens is 340 g/mol. The Morgan fingerprint density at radius 2 is 1.31 bits per heavy atom. The van der Waals surface area contributed by atoms with Gasteiger partial charge in [-0.1, -0.05) is 91.0 Å². The van der Waals surface area contributed by atoms with Crippen LogP contribution in [0.4, 0.5) is 0 Å². The van der Waals surface area contributed by atoms with Crippen molar-refractivity contribution >= 4 is 17.7 Å². The molecule has 0 N–H and O–H groups in total. The van der Waals surface area contributed by atoms with Gasteiger partial charge < -0.3 is 4.74 Å². The van der Waals surface area contributed by atoms with E-state index in [1.54, 1.807) is 11.8 Å². The number of thioether (sulfide) groups is 1. The van der Waals surface area contributed by atoms with E-state index in [9.17, 15) is 4.79 Å². The number of rotatable bonds is 7. The van der Waals surface area contributed by atoms with Crippen LogP contribution in [-0.4, -0.2) is 13.1 Å². The summed E-state index contributed by atoms with van der Waals surface area (Å²) in [6.45, 7) is 0. The summed E-state index contributed by atoms with van der Waals surface area (Å²) in [4.78, 5) is 12.7. The summed E-state index contributed by atoms with van der Waals surface area (Å²) in [5.74, 6) is 0.281. The van der Waals surface area contributed by atoms with Gasteiger partial charge in [-0.15, -0.1) is 11.8 Å². The third kappa shape index (κ3) is 4.55. The Kier molecular flexibility index (Phi) is 6.50. The molecule has 0 bridgehead atoms. The van der Waals surface area contributed by atoms with Crippen LogP contribution in [0.5, 0.6) is 0 Å². The Morgan fingerprint density at radius 3 is 1.85 bits per heavy atom. The maximum absolute atomic E-state index is 12.7. The molecule has 0 aromatic heterocycles. The molecule has 0 saturated carbocycles. The van der Waals surface area contributed by atoms with Gasteiger partial charge in [0.2, 0.25) is 0 Å². The molecule has 26 heavy (non-hydrogen) atoms. The first-order valence-corrected chi connectivity index (χ1v) is 9.67. The molecular formula is C23H22O2S. The van der Waals surface area contributed by atoms with Crippen LogP contribution in [0.25, 0.3) is 0 Å². The topological polar surface area (TPSA) is 26.3 Å². The zero-order chi connectivity index (χ0) is 18.2. The van der Waals surface area contributed by atoms with Gasteiger partial charge in [0.25, 0.3) is 0 Å². The molecule has 3 heteroatoms. The molecule has 2 atom stereocenters. The summed E-state index contributed by atoms with van der Waals surface area (Å²) < 4.78 is 5.17. The smallest absolute Gasteiger partial charge is 0.314 e. The number of hydrogen-bond donors (Lipinski definition) is 0. The second-order valence-electron chi connectivity index (χ2n) is 6.04. The largest absolute Gasteiger partial charge is 0.469 e. The van der Waals surface area contributed by atoms with Crippen LogP contribution in [-0.2, 0) is 15.3 Å². The van der Waals surface area contributed by atoms with E-state index in [0.29, 0.717) is 0 Å². The van der Waals surface area contributed by atoms with E-state index < -0.39 is 0 Å². The molecule has 3 aromatic carbocycles. The number of esters is 1. The van der Waals surface area contributed by atoms with Gasteiger partial charge in [0.1, 0.15) is 0 Å². The van der Waals surface area contributed by atoms with Gasteiger partial charge >= 0.3 is 5.97 Å². The molecule has 0 heterocycles. The Morgan fingerprint density at radius 1 is 0.808 bits per heavy atom. The van der Waals surface area contributed by atoms with E-state index in [1.807, 2.05) is 66.7 Å². The van der Waals surface area contributed by atoms with E-state index in [0.717, 1.165) is 16.9 Å². The molecule has 0 amide bonds. The molecule has 0 aliphatic carbocycles. The fourth-order valence-electron chi connectivity index (χ4n) is 3.01. The van der Waals surface area contributed by atoms with E-state index in [1.165, 1.54) is 12.7 Å². The van der Waals surface area contributed by atoms with Crippen molar-refractivity contribution in [2.75, 3.05) is 7.11 Å². The van der Waals surface area contributed by atoms with E-state index in [-0.39, 0.29) is 17.1 Å². The molecule has 0 unspecified atom stereocenters. The minimum Gasteiger partial charge on any atom is -0.469 e. The van der Waals surface area contributed by atoms with Gasteiger partial charge in [0, 0.05) is 11.0 Å². The molecule has 0 saturated heterocycles. The van der Waals surface area contributed by atoms with Gasteiger partial charge in [-0.3, -0.25) is 4.79 Å².